The van der Waals surface area contributed by atoms with Crippen LogP contribution in [0, 0.1) is 5.82 Å². The molecule has 1 atom stereocenters. The third kappa shape index (κ3) is 4.66. The van der Waals surface area contributed by atoms with Gasteiger partial charge in [-0.15, -0.1) is 0 Å². The first-order valence-electron chi connectivity index (χ1n) is 9.48. The van der Waals surface area contributed by atoms with Gasteiger partial charge in [-0.05, 0) is 32.3 Å². The molecule has 6 nitrogen and oxygen atoms in total. The average Bonchev–Trinajstić information content (AvgIpc) is 3.47. The Bertz CT molecular complexity index is 746. The molecule has 1 aliphatic heterocycles. The van der Waals surface area contributed by atoms with Crippen molar-refractivity contribution >= 4 is 12.0 Å². The summed E-state index contributed by atoms with van der Waals surface area (Å²) in [6, 6.07) is 6.30. The van der Waals surface area contributed by atoms with Crippen LogP contribution in [0.25, 0.3) is 0 Å². The molecule has 7 heteroatoms. The second-order valence-electron chi connectivity index (χ2n) is 6.90. The van der Waals surface area contributed by atoms with Gasteiger partial charge in [0, 0.05) is 30.4 Å². The minimum atomic E-state index is -0.423. The summed E-state index contributed by atoms with van der Waals surface area (Å²) in [4.78, 5) is 26.7. The Labute approximate surface area is 158 Å². The smallest absolute Gasteiger partial charge is 0.337 e. The molecule has 27 heavy (non-hydrogen) atoms. The molecule has 1 saturated carbocycles. The number of rotatable bonds is 8. The van der Waals surface area contributed by atoms with Gasteiger partial charge in [0.25, 0.3) is 0 Å². The van der Waals surface area contributed by atoms with Gasteiger partial charge >= 0.3 is 12.0 Å². The van der Waals surface area contributed by atoms with Crippen molar-refractivity contribution in [2.24, 2.45) is 0 Å². The monoisotopic (exact) mass is 375 g/mol. The van der Waals surface area contributed by atoms with Crippen molar-refractivity contribution in [3.05, 3.63) is 46.9 Å². The fourth-order valence-electron chi connectivity index (χ4n) is 3.39. The number of nitrogens with zero attached hydrogens (tertiary/aromatic N) is 1. The maximum Gasteiger partial charge on any atom is 0.337 e. The Kier molecular flexibility index (Phi) is 6.11. The van der Waals surface area contributed by atoms with E-state index in [1.165, 1.54) is 6.07 Å². The van der Waals surface area contributed by atoms with Gasteiger partial charge in [-0.3, -0.25) is 4.90 Å². The molecule has 0 radical (unpaired) electrons. The minimum absolute atomic E-state index is 0.247. The number of carbonyl (C=O) groups is 2. The largest absolute Gasteiger partial charge is 0.463 e. The van der Waals surface area contributed by atoms with Crippen molar-refractivity contribution in [1.29, 1.82) is 0 Å². The molecule has 1 aromatic carbocycles. The van der Waals surface area contributed by atoms with Crippen LogP contribution in [0.1, 0.15) is 38.7 Å². The molecule has 2 aliphatic rings. The van der Waals surface area contributed by atoms with E-state index in [1.54, 1.807) is 19.1 Å². The highest BCUT2D eigenvalue weighted by atomic mass is 19.1. The van der Waals surface area contributed by atoms with Gasteiger partial charge in [0.05, 0.1) is 18.2 Å². The summed E-state index contributed by atoms with van der Waals surface area (Å²) >= 11 is 0. The third-order valence-corrected chi connectivity index (χ3v) is 4.90. The predicted molar refractivity (Wildman–Crippen MR) is 99.2 cm³/mol. The first-order chi connectivity index (χ1) is 13.0. The predicted octanol–water partition coefficient (Wildman–Crippen LogP) is 2.70. The average molecular weight is 375 g/mol. The van der Waals surface area contributed by atoms with Crippen LogP contribution in [0.5, 0.6) is 0 Å². The lowest BCUT2D eigenvalue weighted by Gasteiger charge is -2.31. The SMILES string of the molecule is CCOC(=O)C1=C(CN(Cc2ccccc2F)C2CC2)NC(=O)NC1CC. The van der Waals surface area contributed by atoms with Crippen molar-refractivity contribution in [2.45, 2.75) is 51.7 Å². The van der Waals surface area contributed by atoms with Crippen LogP contribution in [0.2, 0.25) is 0 Å². The van der Waals surface area contributed by atoms with Crippen molar-refractivity contribution < 1.29 is 18.7 Å². The molecule has 2 N–H and O–H groups in total. The summed E-state index contributed by atoms with van der Waals surface area (Å²) in [7, 11) is 0. The molecule has 2 amide bonds. The first-order valence-corrected chi connectivity index (χ1v) is 9.48. The minimum Gasteiger partial charge on any atom is -0.463 e. The zero-order valence-electron chi connectivity index (χ0n) is 15.8. The Balaban J connectivity index is 1.88. The number of benzene rings is 1. The van der Waals surface area contributed by atoms with Crippen molar-refractivity contribution in [3.63, 3.8) is 0 Å². The summed E-state index contributed by atoms with van der Waals surface area (Å²) in [5.41, 5.74) is 1.61. The highest BCUT2D eigenvalue weighted by Gasteiger charge is 2.35. The molecule has 0 bridgehead atoms. The van der Waals surface area contributed by atoms with E-state index >= 15 is 0 Å². The number of hydrogen-bond donors (Lipinski definition) is 2. The van der Waals surface area contributed by atoms with Crippen LogP contribution in [0.4, 0.5) is 9.18 Å². The molecule has 0 spiro atoms. The van der Waals surface area contributed by atoms with E-state index in [4.69, 9.17) is 4.74 Å². The molecule has 1 heterocycles. The Morgan fingerprint density at radius 1 is 1.26 bits per heavy atom. The maximum atomic E-state index is 14.1. The van der Waals surface area contributed by atoms with E-state index in [0.29, 0.717) is 42.4 Å². The van der Waals surface area contributed by atoms with E-state index in [0.717, 1.165) is 12.8 Å². The quantitative estimate of drug-likeness (QED) is 0.686. The zero-order valence-corrected chi connectivity index (χ0v) is 15.8. The number of esters is 1. The van der Waals surface area contributed by atoms with Gasteiger partial charge in [-0.25, -0.2) is 14.0 Å². The van der Waals surface area contributed by atoms with E-state index in [2.05, 4.69) is 15.5 Å². The zero-order chi connectivity index (χ0) is 19.4. The lowest BCUT2D eigenvalue weighted by molar-refractivity contribution is -0.139. The molecule has 1 aliphatic carbocycles. The second kappa shape index (κ2) is 8.52. The molecule has 1 aromatic rings. The Morgan fingerprint density at radius 2 is 2.00 bits per heavy atom. The topological polar surface area (TPSA) is 70.7 Å². The number of ether oxygens (including phenoxy) is 1. The van der Waals surface area contributed by atoms with Crippen LogP contribution in [0.3, 0.4) is 0 Å². The first kappa shape index (κ1) is 19.4. The summed E-state index contributed by atoms with van der Waals surface area (Å²) in [6.07, 6.45) is 2.64. The number of hydrogen-bond acceptors (Lipinski definition) is 4. The van der Waals surface area contributed by atoms with Gasteiger partial charge in [0.15, 0.2) is 0 Å². The van der Waals surface area contributed by atoms with E-state index in [1.807, 2.05) is 13.0 Å². The van der Waals surface area contributed by atoms with Crippen molar-refractivity contribution in [3.8, 4) is 0 Å². The Hall–Kier alpha value is -2.41. The highest BCUT2D eigenvalue weighted by Crippen LogP contribution is 2.30. The lowest BCUT2D eigenvalue weighted by Crippen LogP contribution is -2.52. The van der Waals surface area contributed by atoms with Crippen LogP contribution in [-0.2, 0) is 16.1 Å². The van der Waals surface area contributed by atoms with Crippen molar-refractivity contribution in [1.82, 2.24) is 15.5 Å². The van der Waals surface area contributed by atoms with Gasteiger partial charge in [-0.1, -0.05) is 25.1 Å². The van der Waals surface area contributed by atoms with Gasteiger partial charge in [-0.2, -0.15) is 0 Å². The fourth-order valence-corrected chi connectivity index (χ4v) is 3.39. The normalized spacial score (nSPS) is 19.7. The van der Waals surface area contributed by atoms with Crippen LogP contribution < -0.4 is 10.6 Å². The highest BCUT2D eigenvalue weighted by molar-refractivity contribution is 5.94. The molecule has 0 saturated heterocycles. The summed E-state index contributed by atoms with van der Waals surface area (Å²) in [5.74, 6) is -0.669. The van der Waals surface area contributed by atoms with Gasteiger partial charge in [0.1, 0.15) is 5.82 Å². The molecule has 146 valence electrons. The molecule has 1 unspecified atom stereocenters. The standard InChI is InChI=1S/C20H26FN3O3/c1-3-16-18(19(25)27-4-2)17(23-20(26)22-16)12-24(14-9-10-14)11-13-7-5-6-8-15(13)21/h5-8,14,16H,3-4,9-12H2,1-2H3,(H2,22,23,26). The molecular weight excluding hydrogens is 349 g/mol. The number of amides is 2. The second-order valence-corrected chi connectivity index (χ2v) is 6.90. The van der Waals surface area contributed by atoms with Gasteiger partial charge in [0.2, 0.25) is 0 Å². The van der Waals surface area contributed by atoms with Crippen LogP contribution in [0.15, 0.2) is 35.5 Å². The molecule has 0 aromatic heterocycles. The maximum absolute atomic E-state index is 14.1. The number of nitrogens with one attached hydrogen (secondary N) is 2. The van der Waals surface area contributed by atoms with E-state index in [-0.39, 0.29) is 24.5 Å². The number of halogens is 1. The number of urea groups is 1. The lowest BCUT2D eigenvalue weighted by atomic mass is 9.99. The van der Waals surface area contributed by atoms with E-state index in [9.17, 15) is 14.0 Å². The molecule has 3 rings (SSSR count). The third-order valence-electron chi connectivity index (χ3n) is 4.90. The molecular formula is C20H26FN3O3. The Morgan fingerprint density at radius 3 is 2.63 bits per heavy atom. The molecule has 1 fully saturated rings. The number of carbonyl (C=O) groups excluding carboxylic acids is 2. The summed E-state index contributed by atoms with van der Waals surface area (Å²) in [6.45, 7) is 4.73. The summed E-state index contributed by atoms with van der Waals surface area (Å²) in [5, 5.41) is 5.55. The van der Waals surface area contributed by atoms with E-state index < -0.39 is 5.97 Å². The van der Waals surface area contributed by atoms with Crippen LogP contribution >= 0.6 is 0 Å². The fraction of sp³-hybridized carbons (Fsp3) is 0.500. The van der Waals surface area contributed by atoms with Gasteiger partial charge < -0.3 is 15.4 Å². The summed E-state index contributed by atoms with van der Waals surface area (Å²) < 4.78 is 19.3. The van der Waals surface area contributed by atoms with Crippen LogP contribution in [-0.4, -0.2) is 42.1 Å². The van der Waals surface area contributed by atoms with Crippen molar-refractivity contribution in [2.75, 3.05) is 13.2 Å².